The van der Waals surface area contributed by atoms with Crippen LogP contribution in [-0.2, 0) is 65.4 Å². The van der Waals surface area contributed by atoms with E-state index in [1.807, 2.05) is 0 Å². The molecule has 0 aliphatic heterocycles. The standard InChI is InChI=1S/C78H152O17P2/c1-7-9-11-13-15-17-19-20-21-22-23-24-32-38-44-50-56-62-77(82)95-74(67-89-76(81)61-55-49-43-37-31-27-25-29-34-40-46-52-58-70(3)4)69-93-97(86,87)91-65-72(79)64-90-96(84,85)92-68-73(66-88-75(80)60-54-48-42-36-18-16-14-12-10-8-2)94-78(83)63-57-51-45-39-33-28-26-30-35-41-47-53-59-71(5)6/h70-74,79H,7-69H2,1-6H3,(H,84,85)(H,86,87)/t72-,73+,74+/m0/s1. The number of aliphatic hydroxyl groups is 1. The van der Waals surface area contributed by atoms with Crippen LogP contribution in [-0.4, -0.2) is 96.7 Å². The van der Waals surface area contributed by atoms with Gasteiger partial charge >= 0.3 is 39.5 Å². The van der Waals surface area contributed by atoms with E-state index in [-0.39, 0.29) is 25.7 Å². The highest BCUT2D eigenvalue weighted by Gasteiger charge is 2.30. The third kappa shape index (κ3) is 72.2. The minimum Gasteiger partial charge on any atom is -0.462 e. The average molecular weight is 1420 g/mol. The number of rotatable bonds is 77. The van der Waals surface area contributed by atoms with Crippen molar-refractivity contribution in [3.63, 3.8) is 0 Å². The van der Waals surface area contributed by atoms with E-state index < -0.39 is 97.5 Å². The fourth-order valence-corrected chi connectivity index (χ4v) is 13.6. The summed E-state index contributed by atoms with van der Waals surface area (Å²) in [5.74, 6) is -0.552. The number of carbonyl (C=O) groups excluding carboxylic acids is 4. The summed E-state index contributed by atoms with van der Waals surface area (Å²) in [6.45, 7) is 9.63. The Hall–Kier alpha value is -1.94. The van der Waals surface area contributed by atoms with Crippen LogP contribution < -0.4 is 0 Å². The van der Waals surface area contributed by atoms with E-state index in [0.29, 0.717) is 25.7 Å². The summed E-state index contributed by atoms with van der Waals surface area (Å²) in [4.78, 5) is 72.9. The Morgan fingerprint density at radius 3 is 0.701 bits per heavy atom. The van der Waals surface area contributed by atoms with E-state index in [4.69, 9.17) is 37.0 Å². The van der Waals surface area contributed by atoms with E-state index in [2.05, 4.69) is 41.5 Å². The highest BCUT2D eigenvalue weighted by atomic mass is 31.2. The summed E-state index contributed by atoms with van der Waals surface area (Å²) in [5, 5.41) is 10.6. The normalized spacial score (nSPS) is 14.0. The molecule has 0 bridgehead atoms. The summed E-state index contributed by atoms with van der Waals surface area (Å²) in [5.41, 5.74) is 0. The van der Waals surface area contributed by atoms with Crippen molar-refractivity contribution in [2.75, 3.05) is 39.6 Å². The number of carbonyl (C=O) groups is 4. The quantitative estimate of drug-likeness (QED) is 0.0222. The molecule has 0 aliphatic carbocycles. The van der Waals surface area contributed by atoms with Crippen molar-refractivity contribution >= 4 is 39.5 Å². The predicted molar refractivity (Wildman–Crippen MR) is 395 cm³/mol. The van der Waals surface area contributed by atoms with E-state index in [9.17, 15) is 43.2 Å². The van der Waals surface area contributed by atoms with Crippen LogP contribution in [0.1, 0.15) is 408 Å². The molecule has 5 atom stereocenters. The Labute approximate surface area is 594 Å². The summed E-state index contributed by atoms with van der Waals surface area (Å²) in [7, 11) is -9.91. The Morgan fingerprint density at radius 2 is 0.474 bits per heavy atom. The van der Waals surface area contributed by atoms with E-state index in [1.165, 1.54) is 225 Å². The highest BCUT2D eigenvalue weighted by molar-refractivity contribution is 7.47. The van der Waals surface area contributed by atoms with Gasteiger partial charge in [0.1, 0.15) is 19.3 Å². The molecule has 19 heteroatoms. The molecule has 0 saturated carbocycles. The van der Waals surface area contributed by atoms with Crippen LogP contribution in [0.4, 0.5) is 0 Å². The number of esters is 4. The maximum absolute atomic E-state index is 13.1. The molecule has 97 heavy (non-hydrogen) atoms. The Bertz CT molecular complexity index is 1870. The van der Waals surface area contributed by atoms with Gasteiger partial charge in [-0.2, -0.15) is 0 Å². The number of ether oxygens (including phenoxy) is 4. The van der Waals surface area contributed by atoms with Crippen molar-refractivity contribution in [3.8, 4) is 0 Å². The molecule has 0 fully saturated rings. The average Bonchev–Trinajstić information content (AvgIpc) is 1.02. The predicted octanol–water partition coefficient (Wildman–Crippen LogP) is 23.1. The topological polar surface area (TPSA) is 237 Å². The smallest absolute Gasteiger partial charge is 0.462 e. The Kier molecular flexibility index (Phi) is 68.4. The van der Waals surface area contributed by atoms with Gasteiger partial charge in [-0.1, -0.05) is 356 Å². The van der Waals surface area contributed by atoms with Crippen molar-refractivity contribution in [1.82, 2.24) is 0 Å². The van der Waals surface area contributed by atoms with Crippen molar-refractivity contribution in [1.29, 1.82) is 0 Å². The number of phosphoric ester groups is 2. The molecule has 0 aromatic heterocycles. The molecule has 0 spiro atoms. The maximum atomic E-state index is 13.1. The zero-order chi connectivity index (χ0) is 71.4. The van der Waals surface area contributed by atoms with Crippen molar-refractivity contribution in [3.05, 3.63) is 0 Å². The lowest BCUT2D eigenvalue weighted by Crippen LogP contribution is -2.30. The van der Waals surface area contributed by atoms with E-state index >= 15 is 0 Å². The van der Waals surface area contributed by atoms with Gasteiger partial charge < -0.3 is 33.8 Å². The molecule has 0 amide bonds. The lowest BCUT2D eigenvalue weighted by molar-refractivity contribution is -0.161. The molecule has 3 N–H and O–H groups in total. The molecule has 17 nitrogen and oxygen atoms in total. The van der Waals surface area contributed by atoms with Crippen LogP contribution in [0.3, 0.4) is 0 Å². The van der Waals surface area contributed by atoms with E-state index in [0.717, 1.165) is 102 Å². The van der Waals surface area contributed by atoms with Gasteiger partial charge in [0.15, 0.2) is 12.2 Å². The second-order valence-corrected chi connectivity index (χ2v) is 32.0. The van der Waals surface area contributed by atoms with Crippen LogP contribution >= 0.6 is 15.6 Å². The first-order valence-electron chi connectivity index (χ1n) is 40.5. The first-order valence-corrected chi connectivity index (χ1v) is 43.5. The molecule has 2 unspecified atom stereocenters. The Balaban J connectivity index is 5.25. The number of phosphoric acid groups is 2. The van der Waals surface area contributed by atoms with Crippen molar-refractivity contribution in [2.45, 2.75) is 426 Å². The number of hydrogen-bond donors (Lipinski definition) is 3. The van der Waals surface area contributed by atoms with Gasteiger partial charge in [0.25, 0.3) is 0 Å². The van der Waals surface area contributed by atoms with Crippen LogP contribution in [0.5, 0.6) is 0 Å². The molecular weight excluding hydrogens is 1270 g/mol. The third-order valence-electron chi connectivity index (χ3n) is 18.2. The van der Waals surface area contributed by atoms with Gasteiger partial charge in [-0.05, 0) is 37.5 Å². The molecule has 0 aliphatic rings. The second-order valence-electron chi connectivity index (χ2n) is 29.1. The molecule has 0 heterocycles. The number of aliphatic hydroxyl groups excluding tert-OH is 1. The summed E-state index contributed by atoms with van der Waals surface area (Å²) < 4.78 is 68.6. The molecule has 0 rings (SSSR count). The van der Waals surface area contributed by atoms with Gasteiger partial charge in [-0.15, -0.1) is 0 Å². The fraction of sp³-hybridized carbons (Fsp3) is 0.949. The first kappa shape index (κ1) is 95.1. The summed E-state index contributed by atoms with van der Waals surface area (Å²) in [6, 6.07) is 0. The monoisotopic (exact) mass is 1420 g/mol. The molecular formula is C78H152O17P2. The van der Waals surface area contributed by atoms with Crippen LogP contribution in [0, 0.1) is 11.8 Å². The highest BCUT2D eigenvalue weighted by Crippen LogP contribution is 2.45. The Morgan fingerprint density at radius 1 is 0.278 bits per heavy atom. The molecule has 0 aromatic rings. The van der Waals surface area contributed by atoms with Crippen molar-refractivity contribution < 1.29 is 80.2 Å². The lowest BCUT2D eigenvalue weighted by Gasteiger charge is -2.21. The second kappa shape index (κ2) is 69.8. The van der Waals surface area contributed by atoms with E-state index in [1.54, 1.807) is 0 Å². The van der Waals surface area contributed by atoms with Crippen LogP contribution in [0.15, 0.2) is 0 Å². The third-order valence-corrected chi connectivity index (χ3v) is 20.1. The van der Waals surface area contributed by atoms with Crippen LogP contribution in [0.25, 0.3) is 0 Å². The van der Waals surface area contributed by atoms with Gasteiger partial charge in [0.05, 0.1) is 26.4 Å². The van der Waals surface area contributed by atoms with Gasteiger partial charge in [0.2, 0.25) is 0 Å². The molecule has 0 saturated heterocycles. The zero-order valence-corrected chi connectivity index (χ0v) is 65.2. The fourth-order valence-electron chi connectivity index (χ4n) is 12.0. The number of unbranched alkanes of at least 4 members (excludes halogenated alkanes) is 47. The molecule has 0 radical (unpaired) electrons. The molecule has 0 aromatic carbocycles. The largest absolute Gasteiger partial charge is 0.472 e. The van der Waals surface area contributed by atoms with Crippen LogP contribution in [0.2, 0.25) is 0 Å². The summed E-state index contributed by atoms with van der Waals surface area (Å²) >= 11 is 0. The van der Waals surface area contributed by atoms with Gasteiger partial charge in [0, 0.05) is 25.7 Å². The molecule has 576 valence electrons. The van der Waals surface area contributed by atoms with Gasteiger partial charge in [-0.25, -0.2) is 9.13 Å². The lowest BCUT2D eigenvalue weighted by atomic mass is 10.0. The first-order chi connectivity index (χ1) is 46.9. The van der Waals surface area contributed by atoms with Crippen molar-refractivity contribution in [2.24, 2.45) is 11.8 Å². The SMILES string of the molecule is CCCCCCCCCCCCCCCCCCCC(=O)O[C@H](COC(=O)CCCCCCCCCCCCCCC(C)C)COP(=O)(O)OC[C@@H](O)COP(=O)(O)OC[C@@H](COC(=O)CCCCCCCCCCCC)OC(=O)CCCCCCCCCCCCCCC(C)C. The number of hydrogen-bond acceptors (Lipinski definition) is 15. The maximum Gasteiger partial charge on any atom is 0.472 e. The summed E-state index contributed by atoms with van der Waals surface area (Å²) in [6.07, 6.45) is 58.1. The zero-order valence-electron chi connectivity index (χ0n) is 63.4. The van der Waals surface area contributed by atoms with Gasteiger partial charge in [-0.3, -0.25) is 37.3 Å². The minimum absolute atomic E-state index is 0.107. The minimum atomic E-state index is -4.96.